The average Bonchev–Trinajstić information content (AvgIpc) is 3.64. The van der Waals surface area contributed by atoms with E-state index in [2.05, 4.69) is 15.1 Å². The number of benzene rings is 1. The van der Waals surface area contributed by atoms with Crippen LogP contribution >= 0.6 is 0 Å². The van der Waals surface area contributed by atoms with Crippen LogP contribution in [0.4, 0.5) is 10.2 Å². The monoisotopic (exact) mass is 598 g/mol. The number of nitrogens with two attached hydrogens (primary N) is 1. The van der Waals surface area contributed by atoms with Crippen molar-refractivity contribution >= 4 is 17.3 Å². The summed E-state index contributed by atoms with van der Waals surface area (Å²) in [5.41, 5.74) is 6.21. The van der Waals surface area contributed by atoms with Crippen LogP contribution in [0.25, 0.3) is 22.5 Å². The zero-order valence-corrected chi connectivity index (χ0v) is 23.8. The number of anilines is 1. The molecule has 0 spiro atoms. The molecular weight excluding hydrogens is 571 g/mol. The molecule has 0 fully saturated rings. The summed E-state index contributed by atoms with van der Waals surface area (Å²) in [5, 5.41) is 13.4. The molecule has 0 aliphatic carbocycles. The molecule has 0 unspecified atom stereocenters. The number of nitrogens with zero attached hydrogens (tertiary/aromatic N) is 7. The van der Waals surface area contributed by atoms with Gasteiger partial charge in [-0.2, -0.15) is 5.10 Å². The molecule has 0 atom stereocenters. The lowest BCUT2D eigenvalue weighted by atomic mass is 10.2. The first-order chi connectivity index (χ1) is 21.0. The summed E-state index contributed by atoms with van der Waals surface area (Å²) in [6.07, 6.45) is 9.97. The number of aryl methyl sites for hydroxylation is 1. The molecule has 6 rings (SSSR count). The predicted molar refractivity (Wildman–Crippen MR) is 160 cm³/mol. The number of fused-ring (bicyclic) bond motifs is 1. The van der Waals surface area contributed by atoms with Crippen molar-refractivity contribution < 1.29 is 19.0 Å². The van der Waals surface area contributed by atoms with Gasteiger partial charge in [0.15, 0.2) is 5.75 Å². The number of imidazole rings is 1. The lowest BCUT2D eigenvalue weighted by molar-refractivity contribution is 0.0693. The summed E-state index contributed by atoms with van der Waals surface area (Å²) in [6.45, 7) is 3.37. The van der Waals surface area contributed by atoms with Crippen molar-refractivity contribution in [1.29, 1.82) is 0 Å². The third-order valence-corrected chi connectivity index (χ3v) is 6.44. The lowest BCUT2D eigenvalue weighted by Crippen LogP contribution is -2.41. The van der Waals surface area contributed by atoms with Crippen LogP contribution in [0, 0.1) is 5.82 Å². The SMILES string of the molecule is CC(C)n1cc(C(=O)O)c(=O)n(-c2ccc(F)cc2)c1=O.Cn1cnc(-c2cc(Oc3ccc(N)nc3)c3ccnn3c2)c1. The first-order valence-electron chi connectivity index (χ1n) is 13.2. The molecule has 13 nitrogen and oxygen atoms in total. The fourth-order valence-electron chi connectivity index (χ4n) is 4.27. The number of aromatic nitrogens is 7. The van der Waals surface area contributed by atoms with E-state index in [0.29, 0.717) is 17.3 Å². The smallest absolute Gasteiger partial charge is 0.342 e. The van der Waals surface area contributed by atoms with Gasteiger partial charge in [-0.25, -0.2) is 33.0 Å². The van der Waals surface area contributed by atoms with Crippen molar-refractivity contribution in [2.24, 2.45) is 7.05 Å². The lowest BCUT2D eigenvalue weighted by Gasteiger charge is -2.14. The van der Waals surface area contributed by atoms with Crippen LogP contribution in [0.3, 0.4) is 0 Å². The number of nitrogen functional groups attached to an aromatic ring is 1. The van der Waals surface area contributed by atoms with Gasteiger partial charge in [-0.15, -0.1) is 0 Å². The molecule has 0 radical (unpaired) electrons. The number of ether oxygens (including phenoxy) is 1. The van der Waals surface area contributed by atoms with Crippen molar-refractivity contribution in [2.45, 2.75) is 19.9 Å². The van der Waals surface area contributed by atoms with Crippen LogP contribution in [0.2, 0.25) is 0 Å². The average molecular weight is 599 g/mol. The van der Waals surface area contributed by atoms with E-state index in [0.717, 1.165) is 44.2 Å². The number of carboxylic acids is 1. The van der Waals surface area contributed by atoms with Gasteiger partial charge in [0.1, 0.15) is 28.5 Å². The first kappa shape index (κ1) is 29.4. The molecule has 0 bridgehead atoms. The number of pyridine rings is 2. The second kappa shape index (κ2) is 12.1. The maximum Gasteiger partial charge on any atom is 0.342 e. The van der Waals surface area contributed by atoms with Gasteiger partial charge in [-0.3, -0.25) is 9.36 Å². The first-order valence-corrected chi connectivity index (χ1v) is 13.2. The Morgan fingerprint density at radius 2 is 1.77 bits per heavy atom. The maximum absolute atomic E-state index is 13.0. The molecule has 6 aromatic rings. The van der Waals surface area contributed by atoms with E-state index in [4.69, 9.17) is 15.6 Å². The third kappa shape index (κ3) is 6.09. The number of hydrogen-bond donors (Lipinski definition) is 2. The van der Waals surface area contributed by atoms with Crippen molar-refractivity contribution in [3.05, 3.63) is 118 Å². The quantitative estimate of drug-likeness (QED) is 0.289. The summed E-state index contributed by atoms with van der Waals surface area (Å²) < 4.78 is 24.5. The molecule has 5 aromatic heterocycles. The highest BCUT2D eigenvalue weighted by atomic mass is 19.1. The largest absolute Gasteiger partial charge is 0.477 e. The van der Waals surface area contributed by atoms with Crippen LogP contribution in [-0.4, -0.2) is 44.4 Å². The summed E-state index contributed by atoms with van der Waals surface area (Å²) in [4.78, 5) is 44.1. The molecule has 0 amide bonds. The van der Waals surface area contributed by atoms with E-state index in [1.165, 1.54) is 12.1 Å². The van der Waals surface area contributed by atoms with Crippen LogP contribution < -0.4 is 21.7 Å². The number of rotatable bonds is 6. The van der Waals surface area contributed by atoms with Gasteiger partial charge >= 0.3 is 11.7 Å². The molecule has 5 heterocycles. The summed E-state index contributed by atoms with van der Waals surface area (Å²) in [6, 6.07) is 11.7. The number of hydrogen-bond acceptors (Lipinski definition) is 8. The molecule has 0 aliphatic heterocycles. The van der Waals surface area contributed by atoms with Gasteiger partial charge in [0.2, 0.25) is 0 Å². The second-order valence-electron chi connectivity index (χ2n) is 9.95. The molecule has 0 saturated carbocycles. The van der Waals surface area contributed by atoms with Crippen LogP contribution in [-0.2, 0) is 7.05 Å². The van der Waals surface area contributed by atoms with Gasteiger partial charge in [0.25, 0.3) is 5.56 Å². The molecule has 0 aliphatic rings. The zero-order chi connectivity index (χ0) is 31.5. The van der Waals surface area contributed by atoms with Crippen LogP contribution in [0.5, 0.6) is 11.5 Å². The van der Waals surface area contributed by atoms with Gasteiger partial charge < -0.3 is 20.1 Å². The number of aromatic carboxylic acids is 1. The van der Waals surface area contributed by atoms with E-state index in [1.54, 1.807) is 49.2 Å². The van der Waals surface area contributed by atoms with Crippen LogP contribution in [0.1, 0.15) is 30.2 Å². The Morgan fingerprint density at radius 3 is 2.39 bits per heavy atom. The van der Waals surface area contributed by atoms with Crippen molar-refractivity contribution in [2.75, 3.05) is 5.73 Å². The highest BCUT2D eigenvalue weighted by Gasteiger charge is 2.19. The van der Waals surface area contributed by atoms with E-state index < -0.39 is 28.6 Å². The van der Waals surface area contributed by atoms with Crippen LogP contribution in [0.15, 0.2) is 95.4 Å². The minimum absolute atomic E-state index is 0.115. The van der Waals surface area contributed by atoms with Crippen molar-refractivity contribution in [3.63, 3.8) is 0 Å². The summed E-state index contributed by atoms with van der Waals surface area (Å²) in [7, 11) is 1.93. The van der Waals surface area contributed by atoms with Crippen molar-refractivity contribution in [3.8, 4) is 28.4 Å². The molecule has 3 N–H and O–H groups in total. The van der Waals surface area contributed by atoms with E-state index >= 15 is 0 Å². The Morgan fingerprint density at radius 1 is 1.02 bits per heavy atom. The Labute approximate surface area is 248 Å². The molecule has 44 heavy (non-hydrogen) atoms. The summed E-state index contributed by atoms with van der Waals surface area (Å²) in [5.74, 6) is -0.206. The van der Waals surface area contributed by atoms with Gasteiger partial charge in [-0.05, 0) is 62.4 Å². The third-order valence-electron chi connectivity index (χ3n) is 6.44. The Balaban J connectivity index is 0.000000176. The Bertz CT molecular complexity index is 2080. The fraction of sp³-hybridized carbons (Fsp3) is 0.133. The minimum Gasteiger partial charge on any atom is -0.477 e. The van der Waals surface area contributed by atoms with Gasteiger partial charge in [0.05, 0.1) is 30.1 Å². The molecule has 14 heteroatoms. The number of carbonyl (C=O) groups is 1. The zero-order valence-electron chi connectivity index (χ0n) is 23.8. The van der Waals surface area contributed by atoms with Crippen molar-refractivity contribution in [1.82, 2.24) is 33.3 Å². The fourth-order valence-corrected chi connectivity index (χ4v) is 4.27. The summed E-state index contributed by atoms with van der Waals surface area (Å²) >= 11 is 0. The molecule has 0 saturated heterocycles. The van der Waals surface area contributed by atoms with Gasteiger partial charge in [0, 0.05) is 37.2 Å². The topological polar surface area (TPSA) is 165 Å². The molecular formula is C30H27FN8O5. The standard InChI is InChI=1S/C16H14N6O.C14H13FN2O4/c1-21-9-13(19-10-21)11-6-15(14-4-5-20-22(14)8-11)23-12-2-3-16(17)18-7-12;1-8(2)16-7-11(13(19)20)12(18)17(14(16)21)10-5-3-9(15)4-6-10/h2-10H,1H3,(H2,17,18);3-8H,1-2H3,(H,19,20). The van der Waals surface area contributed by atoms with E-state index in [-0.39, 0.29) is 11.7 Å². The molecule has 224 valence electrons. The maximum atomic E-state index is 13.0. The molecule has 1 aromatic carbocycles. The highest BCUT2D eigenvalue weighted by Crippen LogP contribution is 2.30. The Kier molecular flexibility index (Phi) is 8.06. The van der Waals surface area contributed by atoms with E-state index in [1.807, 2.05) is 36.1 Å². The minimum atomic E-state index is -1.43. The highest BCUT2D eigenvalue weighted by molar-refractivity contribution is 5.86. The van der Waals surface area contributed by atoms with E-state index in [9.17, 15) is 18.8 Å². The number of carboxylic acid groups (broad SMARTS) is 1. The number of halogens is 1. The van der Waals surface area contributed by atoms with Gasteiger partial charge in [-0.1, -0.05) is 0 Å². The normalized spacial score (nSPS) is 10.9. The second-order valence-corrected chi connectivity index (χ2v) is 9.95. The predicted octanol–water partition coefficient (Wildman–Crippen LogP) is 3.92. The Hall–Kier alpha value is -6.05.